The van der Waals surface area contributed by atoms with E-state index in [1.54, 1.807) is 12.1 Å². The topological polar surface area (TPSA) is 72.6 Å². The molecule has 2 aromatic carbocycles. The molecule has 0 fully saturated rings. The van der Waals surface area contributed by atoms with Crippen LogP contribution in [0.25, 0.3) is 10.8 Å². The summed E-state index contributed by atoms with van der Waals surface area (Å²) in [7, 11) is 1.23. The van der Waals surface area contributed by atoms with E-state index < -0.39 is 18.0 Å². The van der Waals surface area contributed by atoms with Gasteiger partial charge in [0.05, 0.1) is 18.8 Å². The number of carbonyl (C=O) groups excluding carboxylic acids is 2. The molecule has 0 aliphatic heterocycles. The van der Waals surface area contributed by atoms with Gasteiger partial charge in [0.15, 0.2) is 0 Å². The zero-order valence-electron chi connectivity index (χ0n) is 11.4. The molecule has 104 valence electrons. The maximum atomic E-state index is 12.2. The molecule has 0 aliphatic rings. The molecule has 0 aliphatic carbocycles. The molecule has 0 unspecified atom stereocenters. The second kappa shape index (κ2) is 5.71. The summed E-state index contributed by atoms with van der Waals surface area (Å²) < 4.78 is 4.70. The largest absolute Gasteiger partial charge is 0.452 e. The summed E-state index contributed by atoms with van der Waals surface area (Å²) in [5, 5.41) is 1.71. The Morgan fingerprint density at radius 2 is 1.80 bits per heavy atom. The van der Waals surface area contributed by atoms with E-state index in [0.29, 0.717) is 5.69 Å². The lowest BCUT2D eigenvalue weighted by atomic mass is 10.1. The van der Waals surface area contributed by atoms with E-state index >= 15 is 0 Å². The van der Waals surface area contributed by atoms with Crippen molar-refractivity contribution in [3.8, 4) is 0 Å². The van der Waals surface area contributed by atoms with Gasteiger partial charge in [-0.15, -0.1) is 0 Å². The summed E-state index contributed by atoms with van der Waals surface area (Å²) >= 11 is 0. The molecule has 2 N–H and O–H groups in total. The molecule has 0 bridgehead atoms. The Kier molecular flexibility index (Phi) is 4.00. The lowest BCUT2D eigenvalue weighted by molar-refractivity contribution is -0.119. The zero-order valence-corrected chi connectivity index (χ0v) is 11.4. The molecule has 1 atom stereocenters. The molecule has 20 heavy (non-hydrogen) atoms. The van der Waals surface area contributed by atoms with Crippen LogP contribution in [0.3, 0.4) is 0 Å². The third kappa shape index (κ3) is 2.48. The third-order valence-corrected chi connectivity index (χ3v) is 2.97. The van der Waals surface area contributed by atoms with Gasteiger partial charge in [0.2, 0.25) is 0 Å². The summed E-state index contributed by atoms with van der Waals surface area (Å²) in [5.74, 6) is -0.506. The average molecular weight is 272 g/mol. The van der Waals surface area contributed by atoms with Crippen LogP contribution >= 0.6 is 0 Å². The van der Waals surface area contributed by atoms with Gasteiger partial charge in [0, 0.05) is 5.39 Å². The van der Waals surface area contributed by atoms with Gasteiger partial charge < -0.3 is 10.5 Å². The Balaban J connectivity index is 2.62. The Labute approximate surface area is 116 Å². The number of rotatable bonds is 2. The van der Waals surface area contributed by atoms with Crippen molar-refractivity contribution >= 4 is 28.5 Å². The first kappa shape index (κ1) is 14.0. The fraction of sp³-hybridized carbons (Fsp3) is 0.200. The minimum atomic E-state index is -0.798. The summed E-state index contributed by atoms with van der Waals surface area (Å²) in [6, 6.07) is 12.1. The van der Waals surface area contributed by atoms with Crippen LogP contribution in [0.4, 0.5) is 10.5 Å². The number of amides is 2. The molecule has 0 saturated heterocycles. The highest BCUT2D eigenvalue weighted by molar-refractivity contribution is 6.18. The van der Waals surface area contributed by atoms with Crippen molar-refractivity contribution in [3.05, 3.63) is 42.5 Å². The number of methoxy groups -OCH3 is 1. The van der Waals surface area contributed by atoms with Crippen LogP contribution in [-0.2, 0) is 9.53 Å². The van der Waals surface area contributed by atoms with Crippen molar-refractivity contribution < 1.29 is 14.3 Å². The molecule has 5 nitrogen and oxygen atoms in total. The van der Waals surface area contributed by atoms with Crippen LogP contribution in [0.2, 0.25) is 0 Å². The quantitative estimate of drug-likeness (QED) is 0.910. The van der Waals surface area contributed by atoms with Crippen LogP contribution in [0, 0.1) is 0 Å². The van der Waals surface area contributed by atoms with Gasteiger partial charge in [0.1, 0.15) is 0 Å². The Morgan fingerprint density at radius 1 is 1.15 bits per heavy atom. The molecular formula is C15H16N2O3. The Morgan fingerprint density at radius 3 is 2.45 bits per heavy atom. The van der Waals surface area contributed by atoms with E-state index in [2.05, 4.69) is 0 Å². The number of fused-ring (bicyclic) bond motifs is 1. The summed E-state index contributed by atoms with van der Waals surface area (Å²) in [4.78, 5) is 25.1. The van der Waals surface area contributed by atoms with E-state index in [-0.39, 0.29) is 0 Å². The second-order valence-corrected chi connectivity index (χ2v) is 4.43. The molecule has 2 aromatic rings. The van der Waals surface area contributed by atoms with E-state index in [1.807, 2.05) is 30.3 Å². The van der Waals surface area contributed by atoms with Gasteiger partial charge >= 0.3 is 6.09 Å². The first-order chi connectivity index (χ1) is 9.56. The van der Waals surface area contributed by atoms with E-state index in [0.717, 1.165) is 15.7 Å². The van der Waals surface area contributed by atoms with Gasteiger partial charge in [-0.25, -0.2) is 9.69 Å². The van der Waals surface area contributed by atoms with Crippen molar-refractivity contribution in [1.82, 2.24) is 0 Å². The summed E-state index contributed by atoms with van der Waals surface area (Å²) in [6.45, 7) is 1.53. The van der Waals surface area contributed by atoms with Crippen molar-refractivity contribution in [2.75, 3.05) is 12.0 Å². The Hall–Kier alpha value is -2.40. The van der Waals surface area contributed by atoms with Gasteiger partial charge in [-0.2, -0.15) is 0 Å². The lowest BCUT2D eigenvalue weighted by Gasteiger charge is -2.22. The normalized spacial score (nSPS) is 11.9. The molecule has 0 aromatic heterocycles. The zero-order chi connectivity index (χ0) is 14.7. The highest BCUT2D eigenvalue weighted by Crippen LogP contribution is 2.27. The van der Waals surface area contributed by atoms with E-state index in [9.17, 15) is 9.59 Å². The SMILES string of the molecule is COC(=O)N(C(=O)[C@H](C)N)c1cccc2ccccc12. The van der Waals surface area contributed by atoms with Crippen LogP contribution in [0.15, 0.2) is 42.5 Å². The smallest absolute Gasteiger partial charge is 0.421 e. The van der Waals surface area contributed by atoms with Crippen LogP contribution in [0.5, 0.6) is 0 Å². The van der Waals surface area contributed by atoms with Gasteiger partial charge in [-0.1, -0.05) is 36.4 Å². The number of hydrogen-bond acceptors (Lipinski definition) is 4. The fourth-order valence-electron chi connectivity index (χ4n) is 2.01. The molecule has 0 heterocycles. The maximum absolute atomic E-state index is 12.2. The van der Waals surface area contributed by atoms with Crippen molar-refractivity contribution in [3.63, 3.8) is 0 Å². The van der Waals surface area contributed by atoms with Crippen LogP contribution in [0.1, 0.15) is 6.92 Å². The number of nitrogens with two attached hydrogens (primary N) is 1. The third-order valence-electron chi connectivity index (χ3n) is 2.97. The minimum absolute atomic E-state index is 0.470. The predicted molar refractivity (Wildman–Crippen MR) is 77.5 cm³/mol. The summed E-state index contributed by atoms with van der Waals surface area (Å²) in [6.07, 6.45) is -0.747. The van der Waals surface area contributed by atoms with E-state index in [1.165, 1.54) is 14.0 Å². The second-order valence-electron chi connectivity index (χ2n) is 4.43. The minimum Gasteiger partial charge on any atom is -0.452 e. The van der Waals surface area contributed by atoms with Crippen molar-refractivity contribution in [2.45, 2.75) is 13.0 Å². The summed E-state index contributed by atoms with van der Waals surface area (Å²) in [5.41, 5.74) is 6.08. The number of benzene rings is 2. The molecular weight excluding hydrogens is 256 g/mol. The van der Waals surface area contributed by atoms with Gasteiger partial charge in [-0.05, 0) is 18.4 Å². The molecule has 2 rings (SSSR count). The number of anilines is 1. The molecule has 5 heteroatoms. The highest BCUT2D eigenvalue weighted by atomic mass is 16.5. The van der Waals surface area contributed by atoms with Crippen molar-refractivity contribution in [1.29, 1.82) is 0 Å². The van der Waals surface area contributed by atoms with Gasteiger partial charge in [-0.3, -0.25) is 4.79 Å². The fourth-order valence-corrected chi connectivity index (χ4v) is 2.01. The van der Waals surface area contributed by atoms with Crippen LogP contribution in [-0.4, -0.2) is 25.2 Å². The predicted octanol–water partition coefficient (Wildman–Crippen LogP) is 2.29. The first-order valence-corrected chi connectivity index (χ1v) is 6.21. The molecule has 0 radical (unpaired) electrons. The Bertz CT molecular complexity index is 647. The highest BCUT2D eigenvalue weighted by Gasteiger charge is 2.27. The maximum Gasteiger partial charge on any atom is 0.421 e. The molecule has 0 saturated carbocycles. The monoisotopic (exact) mass is 272 g/mol. The number of hydrogen-bond donors (Lipinski definition) is 1. The lowest BCUT2D eigenvalue weighted by Crippen LogP contribution is -2.45. The standard InChI is InChI=1S/C15H16N2O3/c1-10(16)14(18)17(15(19)20-2)13-9-5-7-11-6-3-4-8-12(11)13/h3-10H,16H2,1-2H3/t10-/m0/s1. The first-order valence-electron chi connectivity index (χ1n) is 6.21. The molecule has 0 spiro atoms. The number of nitrogens with zero attached hydrogens (tertiary/aromatic N) is 1. The molecule has 2 amide bonds. The number of imide groups is 1. The van der Waals surface area contributed by atoms with E-state index in [4.69, 9.17) is 10.5 Å². The number of ether oxygens (including phenoxy) is 1. The van der Waals surface area contributed by atoms with Crippen molar-refractivity contribution in [2.24, 2.45) is 5.73 Å². The van der Waals surface area contributed by atoms with Gasteiger partial charge in [0.25, 0.3) is 5.91 Å². The van der Waals surface area contributed by atoms with Crippen LogP contribution < -0.4 is 10.6 Å². The number of carbonyl (C=O) groups is 2. The average Bonchev–Trinajstić information content (AvgIpc) is 2.47.